The highest BCUT2D eigenvalue weighted by Gasteiger charge is 2.20. The molecule has 0 radical (unpaired) electrons. The molecule has 1 saturated carbocycles. The highest BCUT2D eigenvalue weighted by molar-refractivity contribution is 4.91. The monoisotopic (exact) mass is 110 g/mol. The first-order valence-electron chi connectivity index (χ1n) is 2.98. The van der Waals surface area contributed by atoms with Gasteiger partial charge in [-0.05, 0) is 19.3 Å². The molecule has 0 heterocycles. The number of nitrogens with zero attached hydrogens (tertiary/aromatic N) is 1. The van der Waals surface area contributed by atoms with Gasteiger partial charge in [-0.15, -0.1) is 0 Å². The number of nitrogens with two attached hydrogens (primary N) is 1. The molecule has 1 rings (SSSR count). The van der Waals surface area contributed by atoms with Crippen LogP contribution in [0.15, 0.2) is 0 Å². The molecule has 0 aromatic carbocycles. The number of nitriles is 1. The summed E-state index contributed by atoms with van der Waals surface area (Å²) < 4.78 is 0. The van der Waals surface area contributed by atoms with Crippen molar-refractivity contribution in [3.05, 3.63) is 0 Å². The topological polar surface area (TPSA) is 49.8 Å². The van der Waals surface area contributed by atoms with Crippen molar-refractivity contribution in [2.75, 3.05) is 0 Å². The van der Waals surface area contributed by atoms with Gasteiger partial charge in [-0.1, -0.05) is 0 Å². The van der Waals surface area contributed by atoms with Crippen molar-refractivity contribution in [1.29, 1.82) is 5.26 Å². The molecular formula is C6H10N2. The summed E-state index contributed by atoms with van der Waals surface area (Å²) in [5, 5.41) is 8.38. The predicted octanol–water partition coefficient (Wildman–Crippen LogP) is 0.637. The summed E-state index contributed by atoms with van der Waals surface area (Å²) >= 11 is 0. The van der Waals surface area contributed by atoms with Gasteiger partial charge in [0.2, 0.25) is 0 Å². The summed E-state index contributed by atoms with van der Waals surface area (Å²) in [5.74, 6) is 0.255. The second-order valence-corrected chi connectivity index (χ2v) is 2.40. The first-order chi connectivity index (χ1) is 3.83. The SMILES string of the molecule is N#CC1CC[C@@H](N)C1. The van der Waals surface area contributed by atoms with Crippen LogP contribution in [-0.4, -0.2) is 6.04 Å². The Labute approximate surface area is 49.3 Å². The first kappa shape index (κ1) is 5.58. The molecule has 1 unspecified atom stereocenters. The van der Waals surface area contributed by atoms with Crippen molar-refractivity contribution in [3.8, 4) is 6.07 Å². The van der Waals surface area contributed by atoms with Crippen LogP contribution in [0.5, 0.6) is 0 Å². The molecule has 0 bridgehead atoms. The molecule has 2 N–H and O–H groups in total. The maximum Gasteiger partial charge on any atom is 0.0656 e. The molecule has 0 amide bonds. The summed E-state index contributed by atoms with van der Waals surface area (Å²) in [5.41, 5.74) is 5.55. The van der Waals surface area contributed by atoms with E-state index < -0.39 is 0 Å². The van der Waals surface area contributed by atoms with Gasteiger partial charge < -0.3 is 5.73 Å². The van der Waals surface area contributed by atoms with Crippen molar-refractivity contribution in [2.24, 2.45) is 11.7 Å². The van der Waals surface area contributed by atoms with Crippen LogP contribution in [0.2, 0.25) is 0 Å². The fourth-order valence-corrected chi connectivity index (χ4v) is 1.13. The Bertz CT molecular complexity index is 114. The van der Waals surface area contributed by atoms with Crippen molar-refractivity contribution in [3.63, 3.8) is 0 Å². The lowest BCUT2D eigenvalue weighted by molar-refractivity contribution is 0.662. The van der Waals surface area contributed by atoms with E-state index in [-0.39, 0.29) is 5.92 Å². The second kappa shape index (κ2) is 2.15. The molecule has 2 heteroatoms. The largest absolute Gasteiger partial charge is 0.328 e. The van der Waals surface area contributed by atoms with Gasteiger partial charge in [-0.3, -0.25) is 0 Å². The van der Waals surface area contributed by atoms with E-state index in [9.17, 15) is 0 Å². The standard InChI is InChI=1S/C6H10N2/c7-4-5-1-2-6(8)3-5/h5-6H,1-3,8H2/t5?,6-/m1/s1. The predicted molar refractivity (Wildman–Crippen MR) is 30.9 cm³/mol. The molecule has 0 aromatic rings. The average molecular weight is 110 g/mol. The molecule has 1 aliphatic rings. The smallest absolute Gasteiger partial charge is 0.0656 e. The zero-order chi connectivity index (χ0) is 5.98. The summed E-state index contributed by atoms with van der Waals surface area (Å²) in [4.78, 5) is 0. The summed E-state index contributed by atoms with van der Waals surface area (Å²) in [6.07, 6.45) is 2.96. The lowest BCUT2D eigenvalue weighted by atomic mass is 10.1. The van der Waals surface area contributed by atoms with Gasteiger partial charge in [0, 0.05) is 12.0 Å². The Balaban J connectivity index is 2.35. The Morgan fingerprint density at radius 3 is 2.50 bits per heavy atom. The third-order valence-electron chi connectivity index (χ3n) is 1.66. The van der Waals surface area contributed by atoms with Gasteiger partial charge in [-0.2, -0.15) is 5.26 Å². The van der Waals surface area contributed by atoms with Gasteiger partial charge in [0.05, 0.1) is 6.07 Å². The van der Waals surface area contributed by atoms with E-state index in [4.69, 9.17) is 11.0 Å². The molecule has 2 atom stereocenters. The van der Waals surface area contributed by atoms with E-state index in [1.165, 1.54) is 0 Å². The van der Waals surface area contributed by atoms with Gasteiger partial charge in [0.25, 0.3) is 0 Å². The Morgan fingerprint density at radius 1 is 1.50 bits per heavy atom. The lowest BCUT2D eigenvalue weighted by Gasteiger charge is -1.95. The molecular weight excluding hydrogens is 100 g/mol. The molecule has 0 spiro atoms. The third-order valence-corrected chi connectivity index (χ3v) is 1.66. The van der Waals surface area contributed by atoms with E-state index in [0.717, 1.165) is 19.3 Å². The zero-order valence-corrected chi connectivity index (χ0v) is 4.80. The summed E-state index contributed by atoms with van der Waals surface area (Å²) in [6, 6.07) is 2.52. The van der Waals surface area contributed by atoms with E-state index in [1.807, 2.05) is 0 Å². The van der Waals surface area contributed by atoms with Crippen molar-refractivity contribution < 1.29 is 0 Å². The van der Waals surface area contributed by atoms with Gasteiger partial charge in [0.15, 0.2) is 0 Å². The number of hydrogen-bond donors (Lipinski definition) is 1. The van der Waals surface area contributed by atoms with Gasteiger partial charge >= 0.3 is 0 Å². The first-order valence-corrected chi connectivity index (χ1v) is 2.98. The van der Waals surface area contributed by atoms with Crippen LogP contribution in [0.4, 0.5) is 0 Å². The van der Waals surface area contributed by atoms with Crippen LogP contribution in [-0.2, 0) is 0 Å². The summed E-state index contributed by atoms with van der Waals surface area (Å²) in [7, 11) is 0. The normalized spacial score (nSPS) is 37.0. The number of rotatable bonds is 0. The lowest BCUT2D eigenvalue weighted by Crippen LogP contribution is -2.14. The van der Waals surface area contributed by atoms with E-state index in [1.54, 1.807) is 0 Å². The maximum atomic E-state index is 8.38. The van der Waals surface area contributed by atoms with Crippen LogP contribution in [0.3, 0.4) is 0 Å². The molecule has 0 saturated heterocycles. The molecule has 1 aliphatic carbocycles. The number of hydrogen-bond acceptors (Lipinski definition) is 2. The van der Waals surface area contributed by atoms with Crippen molar-refractivity contribution in [2.45, 2.75) is 25.3 Å². The quantitative estimate of drug-likeness (QED) is 0.497. The minimum Gasteiger partial charge on any atom is -0.328 e. The molecule has 1 fully saturated rings. The van der Waals surface area contributed by atoms with Crippen molar-refractivity contribution in [1.82, 2.24) is 0 Å². The van der Waals surface area contributed by atoms with Crippen LogP contribution in [0, 0.1) is 17.2 Å². The van der Waals surface area contributed by atoms with E-state index in [2.05, 4.69) is 6.07 Å². The highest BCUT2D eigenvalue weighted by Crippen LogP contribution is 2.22. The van der Waals surface area contributed by atoms with E-state index in [0.29, 0.717) is 6.04 Å². The van der Waals surface area contributed by atoms with Crippen molar-refractivity contribution >= 4 is 0 Å². The third kappa shape index (κ3) is 0.988. The Kier molecular flexibility index (Phi) is 1.50. The average Bonchev–Trinajstić information content (AvgIpc) is 2.14. The summed E-state index contributed by atoms with van der Waals surface area (Å²) in [6.45, 7) is 0. The van der Waals surface area contributed by atoms with Crippen LogP contribution in [0.1, 0.15) is 19.3 Å². The highest BCUT2D eigenvalue weighted by atomic mass is 14.6. The van der Waals surface area contributed by atoms with Crippen LogP contribution < -0.4 is 5.73 Å². The minimum atomic E-state index is 0.255. The van der Waals surface area contributed by atoms with Gasteiger partial charge in [-0.25, -0.2) is 0 Å². The second-order valence-electron chi connectivity index (χ2n) is 2.40. The molecule has 44 valence electrons. The Hall–Kier alpha value is -0.550. The Morgan fingerprint density at radius 2 is 2.25 bits per heavy atom. The maximum absolute atomic E-state index is 8.38. The zero-order valence-electron chi connectivity index (χ0n) is 4.80. The van der Waals surface area contributed by atoms with Crippen LogP contribution >= 0.6 is 0 Å². The minimum absolute atomic E-state index is 0.255. The molecule has 2 nitrogen and oxygen atoms in total. The fourth-order valence-electron chi connectivity index (χ4n) is 1.13. The molecule has 8 heavy (non-hydrogen) atoms. The molecule has 0 aliphatic heterocycles. The van der Waals surface area contributed by atoms with E-state index >= 15 is 0 Å². The fraction of sp³-hybridized carbons (Fsp3) is 0.833. The van der Waals surface area contributed by atoms with Crippen LogP contribution in [0.25, 0.3) is 0 Å². The molecule has 0 aromatic heterocycles. The van der Waals surface area contributed by atoms with Gasteiger partial charge in [0.1, 0.15) is 0 Å².